The molecule has 2 aliphatic rings. The largest absolute Gasteiger partial charge is 0.379 e. The van der Waals surface area contributed by atoms with Gasteiger partial charge in [-0.2, -0.15) is 0 Å². The van der Waals surface area contributed by atoms with Crippen molar-refractivity contribution in [1.82, 2.24) is 10.2 Å². The first-order valence-electron chi connectivity index (χ1n) is 5.29. The van der Waals surface area contributed by atoms with E-state index in [4.69, 9.17) is 4.74 Å². The molecule has 5 nitrogen and oxygen atoms in total. The lowest BCUT2D eigenvalue weighted by Gasteiger charge is -2.25. The van der Waals surface area contributed by atoms with Crippen LogP contribution in [0.1, 0.15) is 12.8 Å². The Labute approximate surface area is 88.8 Å². The van der Waals surface area contributed by atoms with Crippen LogP contribution in [0, 0.1) is 5.92 Å². The van der Waals surface area contributed by atoms with Crippen molar-refractivity contribution in [2.24, 2.45) is 5.92 Å². The van der Waals surface area contributed by atoms with Gasteiger partial charge in [0.2, 0.25) is 11.8 Å². The van der Waals surface area contributed by atoms with Crippen LogP contribution in [0.4, 0.5) is 0 Å². The van der Waals surface area contributed by atoms with E-state index >= 15 is 0 Å². The third-order valence-electron chi connectivity index (χ3n) is 3.13. The molecule has 0 bridgehead atoms. The van der Waals surface area contributed by atoms with Crippen molar-refractivity contribution in [3.63, 3.8) is 0 Å². The molecule has 2 rings (SSSR count). The van der Waals surface area contributed by atoms with Gasteiger partial charge in [0.25, 0.3) is 0 Å². The third-order valence-corrected chi connectivity index (χ3v) is 3.13. The molecule has 2 amide bonds. The molecule has 2 atom stereocenters. The Morgan fingerprint density at radius 1 is 1.60 bits per heavy atom. The average molecular weight is 212 g/mol. The standard InChI is InChI=1S/C10H16N2O3/c1-12(8-2-3-15-6-8)10(14)7-4-9(13)11-5-7/h7-8H,2-6H2,1H3,(H,11,13). The van der Waals surface area contributed by atoms with Crippen molar-refractivity contribution < 1.29 is 14.3 Å². The summed E-state index contributed by atoms with van der Waals surface area (Å²) in [6.07, 6.45) is 1.23. The fourth-order valence-electron chi connectivity index (χ4n) is 2.08. The Hall–Kier alpha value is -1.10. The summed E-state index contributed by atoms with van der Waals surface area (Å²) in [7, 11) is 1.80. The first kappa shape index (κ1) is 10.4. The van der Waals surface area contributed by atoms with Crippen molar-refractivity contribution in [2.45, 2.75) is 18.9 Å². The Balaban J connectivity index is 1.91. The minimum Gasteiger partial charge on any atom is -0.379 e. The molecule has 0 aromatic rings. The van der Waals surface area contributed by atoms with E-state index in [1.807, 2.05) is 0 Å². The van der Waals surface area contributed by atoms with Crippen LogP contribution >= 0.6 is 0 Å². The summed E-state index contributed by atoms with van der Waals surface area (Å²) in [4.78, 5) is 24.7. The quantitative estimate of drug-likeness (QED) is 0.663. The van der Waals surface area contributed by atoms with Gasteiger partial charge in [-0.15, -0.1) is 0 Å². The summed E-state index contributed by atoms with van der Waals surface area (Å²) in [6, 6.07) is 0.188. The number of hydrogen-bond acceptors (Lipinski definition) is 3. The normalized spacial score (nSPS) is 30.3. The number of nitrogens with zero attached hydrogens (tertiary/aromatic N) is 1. The number of likely N-dealkylation sites (N-methyl/N-ethyl adjacent to an activating group) is 1. The van der Waals surface area contributed by atoms with Gasteiger partial charge in [-0.3, -0.25) is 9.59 Å². The van der Waals surface area contributed by atoms with Crippen molar-refractivity contribution in [3.05, 3.63) is 0 Å². The molecule has 0 aromatic carbocycles. The summed E-state index contributed by atoms with van der Waals surface area (Å²) in [5.41, 5.74) is 0. The molecule has 5 heteroatoms. The van der Waals surface area contributed by atoms with Gasteiger partial charge in [-0.1, -0.05) is 0 Å². The fraction of sp³-hybridized carbons (Fsp3) is 0.800. The van der Waals surface area contributed by atoms with Gasteiger partial charge in [0, 0.05) is 26.6 Å². The summed E-state index contributed by atoms with van der Waals surface area (Å²) in [5.74, 6) is -0.142. The number of nitrogens with one attached hydrogen (secondary N) is 1. The lowest BCUT2D eigenvalue weighted by Crippen LogP contribution is -2.41. The van der Waals surface area contributed by atoms with E-state index < -0.39 is 0 Å². The van der Waals surface area contributed by atoms with E-state index in [2.05, 4.69) is 5.32 Å². The molecule has 15 heavy (non-hydrogen) atoms. The third kappa shape index (κ3) is 2.12. The van der Waals surface area contributed by atoms with Gasteiger partial charge in [-0.25, -0.2) is 0 Å². The summed E-state index contributed by atoms with van der Waals surface area (Å²) >= 11 is 0. The highest BCUT2D eigenvalue weighted by Crippen LogP contribution is 2.17. The highest BCUT2D eigenvalue weighted by Gasteiger charge is 2.33. The van der Waals surface area contributed by atoms with Gasteiger partial charge < -0.3 is 15.0 Å². The van der Waals surface area contributed by atoms with Gasteiger partial charge in [0.1, 0.15) is 0 Å². The second-order valence-electron chi connectivity index (χ2n) is 4.17. The highest BCUT2D eigenvalue weighted by atomic mass is 16.5. The van der Waals surface area contributed by atoms with Crippen molar-refractivity contribution in [3.8, 4) is 0 Å². The molecular formula is C10H16N2O3. The van der Waals surface area contributed by atoms with E-state index in [0.717, 1.165) is 13.0 Å². The maximum absolute atomic E-state index is 12.0. The maximum atomic E-state index is 12.0. The topological polar surface area (TPSA) is 58.6 Å². The van der Waals surface area contributed by atoms with Crippen LogP contribution in [-0.2, 0) is 14.3 Å². The number of rotatable bonds is 2. The first-order chi connectivity index (χ1) is 7.18. The first-order valence-corrected chi connectivity index (χ1v) is 5.29. The summed E-state index contributed by atoms with van der Waals surface area (Å²) in [5, 5.41) is 2.68. The molecule has 0 aromatic heterocycles. The molecule has 2 fully saturated rings. The molecule has 0 radical (unpaired) electrons. The number of carbonyl (C=O) groups excluding carboxylic acids is 2. The molecule has 1 N–H and O–H groups in total. The summed E-state index contributed by atoms with van der Waals surface area (Å²) < 4.78 is 5.24. The van der Waals surface area contributed by atoms with Crippen LogP contribution < -0.4 is 5.32 Å². The van der Waals surface area contributed by atoms with Crippen LogP contribution in [0.5, 0.6) is 0 Å². The molecular weight excluding hydrogens is 196 g/mol. The lowest BCUT2D eigenvalue weighted by atomic mass is 10.1. The van der Waals surface area contributed by atoms with Gasteiger partial charge in [0.15, 0.2) is 0 Å². The molecule has 2 unspecified atom stereocenters. The van der Waals surface area contributed by atoms with Crippen LogP contribution in [-0.4, -0.2) is 49.6 Å². The van der Waals surface area contributed by atoms with Crippen LogP contribution in [0.3, 0.4) is 0 Å². The zero-order valence-corrected chi connectivity index (χ0v) is 8.86. The lowest BCUT2D eigenvalue weighted by molar-refractivity contribution is -0.136. The van der Waals surface area contributed by atoms with Crippen LogP contribution in [0.15, 0.2) is 0 Å². The fourth-order valence-corrected chi connectivity index (χ4v) is 2.08. The Morgan fingerprint density at radius 2 is 2.40 bits per heavy atom. The van der Waals surface area contributed by atoms with Crippen molar-refractivity contribution in [2.75, 3.05) is 26.8 Å². The molecule has 0 aliphatic carbocycles. The number of amides is 2. The smallest absolute Gasteiger partial charge is 0.228 e. The Morgan fingerprint density at radius 3 is 2.93 bits per heavy atom. The second-order valence-corrected chi connectivity index (χ2v) is 4.17. The van der Waals surface area contributed by atoms with Gasteiger partial charge >= 0.3 is 0 Å². The van der Waals surface area contributed by atoms with Gasteiger partial charge in [-0.05, 0) is 6.42 Å². The maximum Gasteiger partial charge on any atom is 0.228 e. The molecule has 2 heterocycles. The Kier molecular flexibility index (Phi) is 2.90. The molecule has 2 aliphatic heterocycles. The number of carbonyl (C=O) groups is 2. The second kappa shape index (κ2) is 4.18. The zero-order valence-electron chi connectivity index (χ0n) is 8.86. The van der Waals surface area contributed by atoms with E-state index in [1.54, 1.807) is 11.9 Å². The van der Waals surface area contributed by atoms with Gasteiger partial charge in [0.05, 0.1) is 18.6 Å². The monoisotopic (exact) mass is 212 g/mol. The van der Waals surface area contributed by atoms with E-state index in [-0.39, 0.29) is 23.8 Å². The van der Waals surface area contributed by atoms with Crippen molar-refractivity contribution >= 4 is 11.8 Å². The predicted octanol–water partition coefficient (Wildman–Crippen LogP) is -0.630. The summed E-state index contributed by atoms with van der Waals surface area (Å²) in [6.45, 7) is 1.83. The van der Waals surface area contributed by atoms with Crippen molar-refractivity contribution in [1.29, 1.82) is 0 Å². The minimum absolute atomic E-state index is 0.0237. The minimum atomic E-state index is -0.178. The highest BCUT2D eigenvalue weighted by molar-refractivity contribution is 5.89. The number of ether oxygens (including phenoxy) is 1. The molecule has 0 saturated carbocycles. The molecule has 0 spiro atoms. The van der Waals surface area contributed by atoms with Crippen LogP contribution in [0.2, 0.25) is 0 Å². The van der Waals surface area contributed by atoms with E-state index in [0.29, 0.717) is 19.6 Å². The number of hydrogen-bond donors (Lipinski definition) is 1. The molecule has 2 saturated heterocycles. The molecule has 84 valence electrons. The predicted molar refractivity (Wildman–Crippen MR) is 53.1 cm³/mol. The SMILES string of the molecule is CN(C(=O)C1CNC(=O)C1)C1CCOC1. The van der Waals surface area contributed by atoms with E-state index in [9.17, 15) is 9.59 Å². The van der Waals surface area contributed by atoms with Crippen LogP contribution in [0.25, 0.3) is 0 Å². The average Bonchev–Trinajstić information content (AvgIpc) is 2.85. The zero-order chi connectivity index (χ0) is 10.8. The van der Waals surface area contributed by atoms with E-state index in [1.165, 1.54) is 0 Å². The Bertz CT molecular complexity index is 274.